The summed E-state index contributed by atoms with van der Waals surface area (Å²) >= 11 is 3.25. The average molecular weight is 297 g/mol. The first kappa shape index (κ1) is 12.3. The third kappa shape index (κ3) is 2.76. The highest BCUT2D eigenvalue weighted by Crippen LogP contribution is 2.18. The Morgan fingerprint density at radius 3 is 2.82 bits per heavy atom. The Kier molecular flexibility index (Phi) is 3.64. The number of benzene rings is 1. The summed E-state index contributed by atoms with van der Waals surface area (Å²) in [6.07, 6.45) is 1.92. The van der Waals surface area contributed by atoms with Crippen LogP contribution in [0.4, 0.5) is 4.39 Å². The van der Waals surface area contributed by atoms with Crippen LogP contribution in [0.2, 0.25) is 0 Å². The van der Waals surface area contributed by atoms with Crippen LogP contribution >= 0.6 is 15.9 Å². The molecule has 0 spiro atoms. The Labute approximate surface area is 108 Å². The first-order valence-electron chi connectivity index (χ1n) is 5.42. The lowest BCUT2D eigenvalue weighted by Gasteiger charge is -2.12. The summed E-state index contributed by atoms with van der Waals surface area (Å²) in [5, 5.41) is 0. The second kappa shape index (κ2) is 5.02. The Balaban J connectivity index is 2.28. The molecule has 2 nitrogen and oxygen atoms in total. The van der Waals surface area contributed by atoms with Crippen LogP contribution in [0.15, 0.2) is 41.0 Å². The minimum atomic E-state index is -0.205. The van der Waals surface area contributed by atoms with E-state index in [2.05, 4.69) is 15.9 Å². The van der Waals surface area contributed by atoms with E-state index in [1.807, 2.05) is 35.9 Å². The highest BCUT2D eigenvalue weighted by molar-refractivity contribution is 9.10. The topological polar surface area (TPSA) is 30.9 Å². The van der Waals surface area contributed by atoms with Crippen molar-refractivity contribution in [3.05, 3.63) is 58.1 Å². The van der Waals surface area contributed by atoms with Gasteiger partial charge in [0, 0.05) is 28.0 Å². The summed E-state index contributed by atoms with van der Waals surface area (Å²) in [6, 6.07) is 8.93. The van der Waals surface area contributed by atoms with Crippen molar-refractivity contribution >= 4 is 15.9 Å². The van der Waals surface area contributed by atoms with Gasteiger partial charge in [-0.3, -0.25) is 0 Å². The zero-order valence-corrected chi connectivity index (χ0v) is 11.1. The molecule has 0 amide bonds. The first-order valence-corrected chi connectivity index (χ1v) is 6.22. The van der Waals surface area contributed by atoms with Gasteiger partial charge in [0.2, 0.25) is 0 Å². The van der Waals surface area contributed by atoms with E-state index in [-0.39, 0.29) is 11.9 Å². The molecule has 0 saturated heterocycles. The van der Waals surface area contributed by atoms with Gasteiger partial charge in [-0.05, 0) is 31.2 Å². The van der Waals surface area contributed by atoms with Gasteiger partial charge in [-0.25, -0.2) is 4.39 Å². The lowest BCUT2D eigenvalue weighted by molar-refractivity contribution is 0.589. The van der Waals surface area contributed by atoms with Crippen LogP contribution in [0.1, 0.15) is 24.2 Å². The summed E-state index contributed by atoms with van der Waals surface area (Å²) in [6.45, 7) is 2.42. The van der Waals surface area contributed by atoms with Crippen molar-refractivity contribution in [2.24, 2.45) is 5.73 Å². The fraction of sp³-hybridized carbons (Fsp3) is 0.231. The van der Waals surface area contributed by atoms with E-state index >= 15 is 0 Å². The maximum Gasteiger partial charge on any atom is 0.129 e. The Hall–Kier alpha value is -1.13. The largest absolute Gasteiger partial charge is 0.345 e. The van der Waals surface area contributed by atoms with E-state index in [1.54, 1.807) is 6.07 Å². The molecule has 2 aromatic rings. The van der Waals surface area contributed by atoms with Crippen molar-refractivity contribution in [1.82, 2.24) is 4.57 Å². The summed E-state index contributed by atoms with van der Waals surface area (Å²) in [4.78, 5) is 0. The van der Waals surface area contributed by atoms with E-state index in [0.717, 1.165) is 10.2 Å². The molecule has 0 aliphatic rings. The van der Waals surface area contributed by atoms with Gasteiger partial charge in [-0.1, -0.05) is 22.0 Å². The highest BCUT2D eigenvalue weighted by atomic mass is 79.9. The molecular weight excluding hydrogens is 283 g/mol. The van der Waals surface area contributed by atoms with Crippen LogP contribution in [0.25, 0.3) is 0 Å². The van der Waals surface area contributed by atoms with Crippen molar-refractivity contribution in [2.75, 3.05) is 0 Å². The molecule has 0 aliphatic heterocycles. The molecule has 1 aromatic heterocycles. The molecule has 0 radical (unpaired) electrons. The van der Waals surface area contributed by atoms with Crippen molar-refractivity contribution in [2.45, 2.75) is 19.5 Å². The van der Waals surface area contributed by atoms with Crippen LogP contribution < -0.4 is 5.73 Å². The van der Waals surface area contributed by atoms with Gasteiger partial charge in [0.05, 0.1) is 6.54 Å². The maximum atomic E-state index is 13.7. The second-order valence-corrected chi connectivity index (χ2v) is 5.00. The van der Waals surface area contributed by atoms with Crippen molar-refractivity contribution < 1.29 is 4.39 Å². The maximum absolute atomic E-state index is 13.7. The number of nitrogens with zero attached hydrogens (tertiary/aromatic N) is 1. The third-order valence-electron chi connectivity index (χ3n) is 2.69. The molecular formula is C13H14BrFN2. The standard InChI is InChI=1S/C13H14BrFN2/c1-9(16)13-3-2-6-17(13)8-10-4-5-11(14)7-12(10)15/h2-7,9H,8,16H2,1H3. The molecule has 0 saturated carbocycles. The Morgan fingerprint density at radius 1 is 1.41 bits per heavy atom. The molecule has 2 rings (SSSR count). The van der Waals surface area contributed by atoms with Gasteiger partial charge in [0.15, 0.2) is 0 Å². The van der Waals surface area contributed by atoms with Crippen molar-refractivity contribution in [1.29, 1.82) is 0 Å². The quantitative estimate of drug-likeness (QED) is 0.924. The van der Waals surface area contributed by atoms with E-state index in [0.29, 0.717) is 12.1 Å². The summed E-state index contributed by atoms with van der Waals surface area (Å²) in [7, 11) is 0. The number of rotatable bonds is 3. The second-order valence-electron chi connectivity index (χ2n) is 4.09. The van der Waals surface area contributed by atoms with Crippen molar-refractivity contribution in [3.8, 4) is 0 Å². The predicted molar refractivity (Wildman–Crippen MR) is 70.2 cm³/mol. The minimum Gasteiger partial charge on any atom is -0.345 e. The molecule has 1 aromatic carbocycles. The van der Waals surface area contributed by atoms with Gasteiger partial charge < -0.3 is 10.3 Å². The molecule has 1 unspecified atom stereocenters. The Morgan fingerprint density at radius 2 is 2.18 bits per heavy atom. The number of nitrogens with two attached hydrogens (primary N) is 1. The fourth-order valence-corrected chi connectivity index (χ4v) is 2.15. The Bertz CT molecular complexity index is 520. The molecule has 0 aliphatic carbocycles. The van der Waals surface area contributed by atoms with Crippen LogP contribution in [-0.4, -0.2) is 4.57 Å². The zero-order chi connectivity index (χ0) is 12.4. The first-order chi connectivity index (χ1) is 8.08. The van der Waals surface area contributed by atoms with Gasteiger partial charge in [-0.2, -0.15) is 0 Å². The van der Waals surface area contributed by atoms with Crippen molar-refractivity contribution in [3.63, 3.8) is 0 Å². The average Bonchev–Trinajstić information content (AvgIpc) is 2.70. The van der Waals surface area contributed by atoms with Gasteiger partial charge in [-0.15, -0.1) is 0 Å². The molecule has 0 bridgehead atoms. The molecule has 1 atom stereocenters. The zero-order valence-electron chi connectivity index (χ0n) is 9.53. The lowest BCUT2D eigenvalue weighted by Crippen LogP contribution is -2.12. The van der Waals surface area contributed by atoms with Crippen LogP contribution in [-0.2, 0) is 6.54 Å². The highest BCUT2D eigenvalue weighted by Gasteiger charge is 2.08. The summed E-state index contributed by atoms with van der Waals surface area (Å²) in [5.41, 5.74) is 7.52. The van der Waals surface area contributed by atoms with Crippen LogP contribution in [0.5, 0.6) is 0 Å². The fourth-order valence-electron chi connectivity index (χ4n) is 1.82. The van der Waals surface area contributed by atoms with E-state index in [1.165, 1.54) is 6.07 Å². The predicted octanol–water partition coefficient (Wildman–Crippen LogP) is 3.46. The third-order valence-corrected chi connectivity index (χ3v) is 3.18. The van der Waals surface area contributed by atoms with Crippen LogP contribution in [0, 0.1) is 5.82 Å². The molecule has 90 valence electrons. The SMILES string of the molecule is CC(N)c1cccn1Cc1ccc(Br)cc1F. The number of hydrogen-bond acceptors (Lipinski definition) is 1. The number of aromatic nitrogens is 1. The molecule has 4 heteroatoms. The minimum absolute atomic E-state index is 0.0523. The monoisotopic (exact) mass is 296 g/mol. The summed E-state index contributed by atoms with van der Waals surface area (Å²) in [5.74, 6) is -0.205. The smallest absolute Gasteiger partial charge is 0.129 e. The van der Waals surface area contributed by atoms with Gasteiger partial charge >= 0.3 is 0 Å². The van der Waals surface area contributed by atoms with E-state index in [9.17, 15) is 4.39 Å². The number of hydrogen-bond donors (Lipinski definition) is 1. The van der Waals surface area contributed by atoms with Gasteiger partial charge in [0.25, 0.3) is 0 Å². The van der Waals surface area contributed by atoms with Crippen LogP contribution in [0.3, 0.4) is 0 Å². The van der Waals surface area contributed by atoms with E-state index < -0.39 is 0 Å². The molecule has 17 heavy (non-hydrogen) atoms. The van der Waals surface area contributed by atoms with E-state index in [4.69, 9.17) is 5.73 Å². The number of halogens is 2. The van der Waals surface area contributed by atoms with Gasteiger partial charge in [0.1, 0.15) is 5.82 Å². The normalized spacial score (nSPS) is 12.7. The summed E-state index contributed by atoms with van der Waals surface area (Å²) < 4.78 is 16.4. The molecule has 1 heterocycles. The lowest BCUT2D eigenvalue weighted by atomic mass is 10.2. The molecule has 0 fully saturated rings. The molecule has 2 N–H and O–H groups in total.